The van der Waals surface area contributed by atoms with Crippen molar-refractivity contribution in [3.8, 4) is 11.5 Å². The number of carbonyl (C=O) groups is 4. The highest BCUT2D eigenvalue weighted by atomic mass is 35.5. The number of allylic oxidation sites excluding steroid dienone is 2. The number of hydrogen-bond acceptors (Lipinski definition) is 8. The second-order valence-corrected chi connectivity index (χ2v) is 15.3. The van der Waals surface area contributed by atoms with Crippen molar-refractivity contribution >= 4 is 58.0 Å². The van der Waals surface area contributed by atoms with Crippen molar-refractivity contribution in [2.24, 2.45) is 23.7 Å². The molecule has 3 fully saturated rings. The molecule has 286 valence electrons. The number of phenols is 1. The van der Waals surface area contributed by atoms with Crippen molar-refractivity contribution in [2.75, 3.05) is 22.8 Å². The third-order valence-corrected chi connectivity index (χ3v) is 12.2. The lowest BCUT2D eigenvalue weighted by Gasteiger charge is -2.50. The molecule has 2 saturated heterocycles. The molecule has 4 aliphatic rings. The molecule has 0 spiro atoms. The monoisotopic (exact) mass is 782 g/mol. The van der Waals surface area contributed by atoms with Crippen molar-refractivity contribution in [2.45, 2.75) is 24.2 Å². The summed E-state index contributed by atoms with van der Waals surface area (Å²) >= 11 is 6.38. The Kier molecular flexibility index (Phi) is 8.85. The number of hydrazine groups is 1. The molecule has 1 saturated carbocycles. The third-order valence-electron chi connectivity index (χ3n) is 12.0. The summed E-state index contributed by atoms with van der Waals surface area (Å²) in [5.41, 5.74) is 5.14. The van der Waals surface area contributed by atoms with E-state index in [-0.39, 0.29) is 24.5 Å². The zero-order chi connectivity index (χ0) is 39.6. The summed E-state index contributed by atoms with van der Waals surface area (Å²) in [4.78, 5) is 60.4. The highest BCUT2D eigenvalue weighted by Crippen LogP contribution is 2.65. The van der Waals surface area contributed by atoms with Crippen molar-refractivity contribution in [3.63, 3.8) is 0 Å². The number of methoxy groups -OCH3 is 1. The fourth-order valence-corrected chi connectivity index (χ4v) is 9.65. The molecule has 0 radical (unpaired) electrons. The molecule has 6 unspecified atom stereocenters. The quantitative estimate of drug-likeness (QED) is 0.106. The first kappa shape index (κ1) is 36.2. The summed E-state index contributed by atoms with van der Waals surface area (Å²) in [7, 11) is 1.49. The van der Waals surface area contributed by atoms with Gasteiger partial charge < -0.3 is 15.2 Å². The van der Waals surface area contributed by atoms with Crippen LogP contribution in [-0.4, -0.2) is 40.9 Å². The fourth-order valence-electron chi connectivity index (χ4n) is 9.53. The van der Waals surface area contributed by atoms with Crippen molar-refractivity contribution in [1.82, 2.24) is 5.01 Å². The Labute approximate surface area is 332 Å². The predicted octanol–water partition coefficient (Wildman–Crippen LogP) is 8.13. The maximum absolute atomic E-state index is 15.3. The van der Waals surface area contributed by atoms with Crippen LogP contribution in [0.15, 0.2) is 133 Å². The maximum Gasteiger partial charge on any atom is 0.260 e. The van der Waals surface area contributed by atoms with Gasteiger partial charge in [-0.15, -0.1) is 0 Å². The molecule has 3 N–H and O–H groups in total. The van der Waals surface area contributed by atoms with Gasteiger partial charge in [-0.3, -0.25) is 29.5 Å². The SMILES string of the molecule is COc1ccc(O)c(C2C3=CCC4C(=O)N(c5ccc(Nc6ccccc6)cc5)C(=O)C4C3CC3C(=O)N(Nc4ccc(F)cc4)C(=O)C32c2ccc(Cl)cc2)c1. The Hall–Kier alpha value is -6.46. The second-order valence-electron chi connectivity index (χ2n) is 14.8. The van der Waals surface area contributed by atoms with Gasteiger partial charge in [-0.25, -0.2) is 4.39 Å². The Morgan fingerprint density at radius 1 is 0.789 bits per heavy atom. The van der Waals surface area contributed by atoms with Crippen LogP contribution in [0.4, 0.5) is 27.1 Å². The zero-order valence-electron chi connectivity index (χ0n) is 30.6. The molecular formula is C45H36ClFN4O6. The van der Waals surface area contributed by atoms with Crippen LogP contribution in [0.3, 0.4) is 0 Å². The number of para-hydroxylation sites is 1. The first-order valence-corrected chi connectivity index (χ1v) is 19.0. The van der Waals surface area contributed by atoms with Crippen LogP contribution in [-0.2, 0) is 24.6 Å². The van der Waals surface area contributed by atoms with Crippen LogP contribution >= 0.6 is 11.6 Å². The number of carbonyl (C=O) groups excluding carboxylic acids is 4. The number of halogens is 2. The van der Waals surface area contributed by atoms with Gasteiger partial charge >= 0.3 is 0 Å². The fraction of sp³-hybridized carbons (Fsp3) is 0.200. The number of aromatic hydroxyl groups is 1. The predicted molar refractivity (Wildman–Crippen MR) is 212 cm³/mol. The molecule has 5 aromatic carbocycles. The van der Waals surface area contributed by atoms with Crippen LogP contribution in [0.25, 0.3) is 0 Å². The van der Waals surface area contributed by atoms with Gasteiger partial charge in [0.1, 0.15) is 17.3 Å². The number of nitrogens with zero attached hydrogens (tertiary/aromatic N) is 2. The van der Waals surface area contributed by atoms with Crippen LogP contribution < -0.4 is 20.4 Å². The van der Waals surface area contributed by atoms with Gasteiger partial charge in [-0.1, -0.05) is 53.6 Å². The Bertz CT molecular complexity index is 2460. The van der Waals surface area contributed by atoms with Gasteiger partial charge in [0, 0.05) is 27.9 Å². The molecule has 5 aromatic rings. The number of imide groups is 2. The van der Waals surface area contributed by atoms with E-state index in [0.29, 0.717) is 38.8 Å². The molecule has 0 bridgehead atoms. The number of ether oxygens (including phenoxy) is 1. The smallest absolute Gasteiger partial charge is 0.260 e. The lowest BCUT2D eigenvalue weighted by molar-refractivity contribution is -0.138. The molecule has 0 aromatic heterocycles. The Morgan fingerprint density at radius 3 is 2.18 bits per heavy atom. The summed E-state index contributed by atoms with van der Waals surface area (Å²) in [5, 5.41) is 16.4. The highest BCUT2D eigenvalue weighted by Gasteiger charge is 2.70. The number of rotatable bonds is 8. The number of fused-ring (bicyclic) bond motifs is 4. The molecular weight excluding hydrogens is 747 g/mol. The molecule has 2 aliphatic heterocycles. The van der Waals surface area contributed by atoms with E-state index in [4.69, 9.17) is 16.3 Å². The molecule has 10 nitrogen and oxygen atoms in total. The topological polar surface area (TPSA) is 128 Å². The van der Waals surface area contributed by atoms with Crippen LogP contribution in [0.2, 0.25) is 5.02 Å². The number of amides is 4. The van der Waals surface area contributed by atoms with E-state index in [9.17, 15) is 23.9 Å². The van der Waals surface area contributed by atoms with E-state index < -0.39 is 58.5 Å². The Morgan fingerprint density at radius 2 is 1.47 bits per heavy atom. The molecule has 2 heterocycles. The second kappa shape index (κ2) is 13.9. The summed E-state index contributed by atoms with van der Waals surface area (Å²) in [6.45, 7) is 0. The molecule has 12 heteroatoms. The van der Waals surface area contributed by atoms with Gasteiger partial charge in [0.15, 0.2) is 0 Å². The lowest BCUT2D eigenvalue weighted by atomic mass is 9.49. The molecule has 6 atom stereocenters. The average Bonchev–Trinajstić information content (AvgIpc) is 3.60. The van der Waals surface area contributed by atoms with Gasteiger partial charge in [0.05, 0.1) is 41.7 Å². The van der Waals surface area contributed by atoms with E-state index >= 15 is 4.79 Å². The highest BCUT2D eigenvalue weighted by molar-refractivity contribution is 6.30. The molecule has 9 rings (SSSR count). The van der Waals surface area contributed by atoms with E-state index in [1.165, 1.54) is 42.3 Å². The number of benzene rings is 5. The average molecular weight is 783 g/mol. The molecule has 57 heavy (non-hydrogen) atoms. The van der Waals surface area contributed by atoms with Gasteiger partial charge in [0.2, 0.25) is 11.8 Å². The lowest BCUT2D eigenvalue weighted by Crippen LogP contribution is -2.53. The third kappa shape index (κ3) is 5.75. The van der Waals surface area contributed by atoms with Crippen LogP contribution in [0, 0.1) is 29.5 Å². The minimum Gasteiger partial charge on any atom is -0.508 e. The van der Waals surface area contributed by atoms with Crippen molar-refractivity contribution in [3.05, 3.63) is 155 Å². The normalized spacial score (nSPS) is 25.1. The summed E-state index contributed by atoms with van der Waals surface area (Å²) in [6.07, 6.45) is 2.17. The summed E-state index contributed by atoms with van der Waals surface area (Å²) in [6, 6.07) is 33.4. The number of nitrogens with one attached hydrogen (secondary N) is 2. The maximum atomic E-state index is 15.3. The van der Waals surface area contributed by atoms with E-state index in [1.807, 2.05) is 48.5 Å². The molecule has 4 amide bonds. The first-order valence-electron chi connectivity index (χ1n) is 18.6. The van der Waals surface area contributed by atoms with Gasteiger partial charge in [-0.2, -0.15) is 5.01 Å². The number of hydrogen-bond donors (Lipinski definition) is 3. The van der Waals surface area contributed by atoms with Gasteiger partial charge in [0.25, 0.3) is 11.8 Å². The largest absolute Gasteiger partial charge is 0.508 e. The first-order chi connectivity index (χ1) is 27.6. The molecule has 2 aliphatic carbocycles. The summed E-state index contributed by atoms with van der Waals surface area (Å²) in [5.74, 6) is -6.40. The van der Waals surface area contributed by atoms with Gasteiger partial charge in [-0.05, 0) is 115 Å². The standard InChI is InChI=1S/C45H36ClFN4O6/c1-57-32-19-22-38(52)36(23-32)40-33-20-21-34-39(43(55)50(41(34)53)31-17-15-29(16-18-31)48-28-5-3-2-4-6-28)35(33)24-37-42(54)51(49-30-13-11-27(47)12-14-30)44(56)45(37,40)25-7-9-26(46)10-8-25/h2-20,22-23,34-35,37,39-40,48-49,52H,21,24H2,1H3. The minimum atomic E-state index is -1.65. The van der Waals surface area contributed by atoms with E-state index in [2.05, 4.69) is 10.7 Å². The number of anilines is 4. The van der Waals surface area contributed by atoms with E-state index in [0.717, 1.165) is 16.4 Å². The van der Waals surface area contributed by atoms with Crippen LogP contribution in [0.1, 0.15) is 29.9 Å². The van der Waals surface area contributed by atoms with Crippen molar-refractivity contribution in [1.29, 1.82) is 0 Å². The van der Waals surface area contributed by atoms with Crippen molar-refractivity contribution < 1.29 is 33.4 Å². The Balaban J connectivity index is 1.17. The minimum absolute atomic E-state index is 0.0514. The van der Waals surface area contributed by atoms with Crippen LogP contribution in [0.5, 0.6) is 11.5 Å². The zero-order valence-corrected chi connectivity index (χ0v) is 31.3. The van der Waals surface area contributed by atoms with E-state index in [1.54, 1.807) is 48.5 Å². The number of phenolic OH excluding ortho intramolecular Hbond substituents is 1. The summed E-state index contributed by atoms with van der Waals surface area (Å²) < 4.78 is 19.5.